The Kier molecular flexibility index (Phi) is 4.89. The number of aryl methyl sites for hydroxylation is 1. The van der Waals surface area contributed by atoms with Crippen LogP contribution in [0.1, 0.15) is 45.0 Å². The summed E-state index contributed by atoms with van der Waals surface area (Å²) in [4.78, 5) is 8.42. The molecule has 0 saturated heterocycles. The molecule has 0 aliphatic carbocycles. The molecule has 0 radical (unpaired) electrons. The van der Waals surface area contributed by atoms with E-state index in [1.54, 1.807) is 6.07 Å². The van der Waals surface area contributed by atoms with Gasteiger partial charge in [0.25, 0.3) is 0 Å². The second kappa shape index (κ2) is 6.19. The summed E-state index contributed by atoms with van der Waals surface area (Å²) in [5, 5.41) is 12.1. The van der Waals surface area contributed by atoms with Crippen molar-refractivity contribution in [3.63, 3.8) is 0 Å². The highest BCUT2D eigenvalue weighted by Crippen LogP contribution is 2.13. The zero-order chi connectivity index (χ0) is 12.8. The lowest BCUT2D eigenvalue weighted by Crippen LogP contribution is -2.20. The summed E-state index contributed by atoms with van der Waals surface area (Å²) >= 11 is 0. The number of rotatable bonds is 5. The van der Waals surface area contributed by atoms with Crippen LogP contribution in [0.2, 0.25) is 0 Å². The van der Waals surface area contributed by atoms with Crippen LogP contribution in [-0.2, 0) is 0 Å². The van der Waals surface area contributed by atoms with Crippen LogP contribution >= 0.6 is 0 Å². The Bertz CT molecular complexity index is 408. The summed E-state index contributed by atoms with van der Waals surface area (Å²) in [6.07, 6.45) is 2.25. The van der Waals surface area contributed by atoms with Gasteiger partial charge in [0.15, 0.2) is 0 Å². The molecule has 2 atom stereocenters. The molecule has 4 heteroatoms. The predicted octanol–water partition coefficient (Wildman–Crippen LogP) is 2.89. The monoisotopic (exact) mass is 232 g/mol. The molecule has 0 amide bonds. The summed E-state index contributed by atoms with van der Waals surface area (Å²) in [5.41, 5.74) is 1.23. The molecule has 0 spiro atoms. The Morgan fingerprint density at radius 3 is 2.71 bits per heavy atom. The van der Waals surface area contributed by atoms with E-state index in [9.17, 15) is 0 Å². The van der Waals surface area contributed by atoms with Crippen LogP contribution in [0.25, 0.3) is 0 Å². The quantitative estimate of drug-likeness (QED) is 0.848. The predicted molar refractivity (Wildman–Crippen MR) is 68.6 cm³/mol. The van der Waals surface area contributed by atoms with Crippen molar-refractivity contribution in [2.45, 2.75) is 46.6 Å². The van der Waals surface area contributed by atoms with E-state index in [1.165, 1.54) is 6.42 Å². The molecular formula is C13H20N4. The van der Waals surface area contributed by atoms with Gasteiger partial charge in [-0.25, -0.2) is 9.97 Å². The van der Waals surface area contributed by atoms with Crippen LogP contribution in [0.4, 0.5) is 5.95 Å². The van der Waals surface area contributed by atoms with Gasteiger partial charge < -0.3 is 5.32 Å². The minimum atomic E-state index is 0.318. The molecule has 1 rings (SSSR count). The van der Waals surface area contributed by atoms with Gasteiger partial charge in [-0.3, -0.25) is 0 Å². The molecule has 1 heterocycles. The average molecular weight is 232 g/mol. The molecule has 0 fully saturated rings. The van der Waals surface area contributed by atoms with Crippen molar-refractivity contribution in [3.8, 4) is 6.07 Å². The van der Waals surface area contributed by atoms with Crippen molar-refractivity contribution < 1.29 is 0 Å². The molecule has 1 aromatic heterocycles. The number of nitriles is 1. The van der Waals surface area contributed by atoms with Gasteiger partial charge in [-0.1, -0.05) is 20.3 Å². The third-order valence-electron chi connectivity index (χ3n) is 2.80. The second-order valence-electron chi connectivity index (χ2n) is 4.62. The van der Waals surface area contributed by atoms with Gasteiger partial charge in [0.2, 0.25) is 5.95 Å². The molecular weight excluding hydrogens is 212 g/mol. The van der Waals surface area contributed by atoms with Crippen LogP contribution in [0, 0.1) is 24.2 Å². The highest BCUT2D eigenvalue weighted by Gasteiger charge is 2.09. The third kappa shape index (κ3) is 4.39. The van der Waals surface area contributed by atoms with Crippen molar-refractivity contribution in [1.82, 2.24) is 9.97 Å². The fourth-order valence-corrected chi connectivity index (χ4v) is 1.74. The van der Waals surface area contributed by atoms with E-state index in [-0.39, 0.29) is 0 Å². The molecule has 1 N–H and O–H groups in total. The molecule has 17 heavy (non-hydrogen) atoms. The van der Waals surface area contributed by atoms with Crippen molar-refractivity contribution in [3.05, 3.63) is 17.5 Å². The highest BCUT2D eigenvalue weighted by molar-refractivity contribution is 5.33. The third-order valence-corrected chi connectivity index (χ3v) is 2.80. The zero-order valence-corrected chi connectivity index (χ0v) is 11.0. The number of nitrogens with zero attached hydrogens (tertiary/aromatic N) is 3. The number of anilines is 1. The SMILES string of the molecule is CCC(C)CC(C)Nc1nc(C)cc(C#N)n1. The minimum absolute atomic E-state index is 0.318. The lowest BCUT2D eigenvalue weighted by molar-refractivity contribution is 0.482. The molecule has 0 saturated carbocycles. The van der Waals surface area contributed by atoms with E-state index in [4.69, 9.17) is 5.26 Å². The van der Waals surface area contributed by atoms with Crippen molar-refractivity contribution in [1.29, 1.82) is 5.26 Å². The molecule has 92 valence electrons. The van der Waals surface area contributed by atoms with Crippen LogP contribution in [0.5, 0.6) is 0 Å². The number of nitrogens with one attached hydrogen (secondary N) is 1. The molecule has 0 aromatic carbocycles. The maximum Gasteiger partial charge on any atom is 0.224 e. The fourth-order valence-electron chi connectivity index (χ4n) is 1.74. The summed E-state index contributed by atoms with van der Waals surface area (Å²) in [5.74, 6) is 1.23. The maximum absolute atomic E-state index is 8.84. The zero-order valence-electron chi connectivity index (χ0n) is 11.0. The number of hydrogen-bond acceptors (Lipinski definition) is 4. The molecule has 0 aliphatic rings. The molecule has 2 unspecified atom stereocenters. The molecule has 1 aromatic rings. The average Bonchev–Trinajstić information content (AvgIpc) is 2.27. The minimum Gasteiger partial charge on any atom is -0.352 e. The van der Waals surface area contributed by atoms with Crippen molar-refractivity contribution in [2.75, 3.05) is 5.32 Å². The Hall–Kier alpha value is -1.63. The number of aromatic nitrogens is 2. The van der Waals surface area contributed by atoms with Crippen LogP contribution in [-0.4, -0.2) is 16.0 Å². The van der Waals surface area contributed by atoms with E-state index in [1.807, 2.05) is 13.0 Å². The van der Waals surface area contributed by atoms with Gasteiger partial charge in [-0.05, 0) is 32.3 Å². The first-order valence-corrected chi connectivity index (χ1v) is 6.07. The van der Waals surface area contributed by atoms with E-state index in [0.717, 1.165) is 12.1 Å². The topological polar surface area (TPSA) is 61.6 Å². The second-order valence-corrected chi connectivity index (χ2v) is 4.62. The Morgan fingerprint density at radius 1 is 1.41 bits per heavy atom. The fraction of sp³-hybridized carbons (Fsp3) is 0.615. The first-order chi connectivity index (χ1) is 8.05. The van der Waals surface area contributed by atoms with Crippen molar-refractivity contribution >= 4 is 5.95 Å². The van der Waals surface area contributed by atoms with Crippen LogP contribution < -0.4 is 5.32 Å². The van der Waals surface area contributed by atoms with Gasteiger partial charge in [0, 0.05) is 11.7 Å². The molecule has 0 bridgehead atoms. The van der Waals surface area contributed by atoms with Crippen LogP contribution in [0.3, 0.4) is 0 Å². The van der Waals surface area contributed by atoms with Gasteiger partial charge in [0.05, 0.1) is 0 Å². The maximum atomic E-state index is 8.84. The summed E-state index contributed by atoms with van der Waals surface area (Å²) in [7, 11) is 0. The van der Waals surface area contributed by atoms with Crippen molar-refractivity contribution in [2.24, 2.45) is 5.92 Å². The van der Waals surface area contributed by atoms with E-state index < -0.39 is 0 Å². The lowest BCUT2D eigenvalue weighted by atomic mass is 10.0. The van der Waals surface area contributed by atoms with Gasteiger partial charge >= 0.3 is 0 Å². The first kappa shape index (κ1) is 13.4. The highest BCUT2D eigenvalue weighted by atomic mass is 15.1. The van der Waals surface area contributed by atoms with E-state index in [2.05, 4.69) is 36.1 Å². The largest absolute Gasteiger partial charge is 0.352 e. The molecule has 4 nitrogen and oxygen atoms in total. The van der Waals surface area contributed by atoms with E-state index in [0.29, 0.717) is 23.6 Å². The Morgan fingerprint density at radius 2 is 2.12 bits per heavy atom. The summed E-state index contributed by atoms with van der Waals surface area (Å²) in [6, 6.07) is 4.05. The van der Waals surface area contributed by atoms with Gasteiger partial charge in [0.1, 0.15) is 11.8 Å². The van der Waals surface area contributed by atoms with Crippen LogP contribution in [0.15, 0.2) is 6.07 Å². The Labute approximate surface area is 103 Å². The normalized spacial score (nSPS) is 13.8. The van der Waals surface area contributed by atoms with E-state index >= 15 is 0 Å². The standard InChI is InChI=1S/C13H20N4/c1-5-9(2)6-10(3)15-13-16-11(4)7-12(8-14)17-13/h7,9-10H,5-6H2,1-4H3,(H,15,16,17). The lowest BCUT2D eigenvalue weighted by Gasteiger charge is -2.17. The first-order valence-electron chi connectivity index (χ1n) is 6.07. The number of hydrogen-bond donors (Lipinski definition) is 1. The Balaban J connectivity index is 2.68. The summed E-state index contributed by atoms with van der Waals surface area (Å²) in [6.45, 7) is 8.40. The van der Waals surface area contributed by atoms with Gasteiger partial charge in [-0.15, -0.1) is 0 Å². The van der Waals surface area contributed by atoms with Gasteiger partial charge in [-0.2, -0.15) is 5.26 Å². The smallest absolute Gasteiger partial charge is 0.224 e. The summed E-state index contributed by atoms with van der Waals surface area (Å²) < 4.78 is 0. The molecule has 0 aliphatic heterocycles.